The van der Waals surface area contributed by atoms with Gasteiger partial charge in [-0.05, 0) is 37.1 Å². The fraction of sp³-hybridized carbons (Fsp3) is 0.333. The molecule has 4 rings (SSSR count). The molecule has 2 heterocycles. The van der Waals surface area contributed by atoms with Gasteiger partial charge < -0.3 is 9.73 Å². The molecule has 1 saturated heterocycles. The molecule has 0 bridgehead atoms. The molecule has 168 valence electrons. The normalized spacial score (nSPS) is 15.1. The molecule has 1 aliphatic heterocycles. The smallest absolute Gasteiger partial charge is 0.277 e. The average Bonchev–Trinajstić information content (AvgIpc) is 3.23. The van der Waals surface area contributed by atoms with Crippen molar-refractivity contribution in [1.82, 2.24) is 14.8 Å². The third-order valence-electron chi connectivity index (χ3n) is 5.66. The van der Waals surface area contributed by atoms with Gasteiger partial charge in [-0.15, -0.1) is 0 Å². The van der Waals surface area contributed by atoms with E-state index in [-0.39, 0.29) is 11.6 Å². The second-order valence-electron chi connectivity index (χ2n) is 8.19. The van der Waals surface area contributed by atoms with E-state index in [1.807, 2.05) is 32.0 Å². The highest BCUT2D eigenvalue weighted by Crippen LogP contribution is 2.18. The predicted octanol–water partition coefficient (Wildman–Crippen LogP) is 4.14. The number of benzene rings is 2. The van der Waals surface area contributed by atoms with E-state index in [1.165, 1.54) is 18.4 Å². The Morgan fingerprint density at radius 3 is 2.47 bits per heavy atom. The van der Waals surface area contributed by atoms with E-state index in [4.69, 9.17) is 4.42 Å². The third-order valence-corrected chi connectivity index (χ3v) is 5.66. The van der Waals surface area contributed by atoms with Crippen molar-refractivity contribution in [3.63, 3.8) is 0 Å². The van der Waals surface area contributed by atoms with Crippen molar-refractivity contribution >= 4 is 11.6 Å². The Morgan fingerprint density at radius 2 is 1.75 bits per heavy atom. The zero-order chi connectivity index (χ0) is 22.7. The number of carbonyl (C=O) groups is 1. The van der Waals surface area contributed by atoms with E-state index in [2.05, 4.69) is 20.1 Å². The van der Waals surface area contributed by atoms with Crippen molar-refractivity contribution in [2.45, 2.75) is 26.9 Å². The lowest BCUT2D eigenvalue weighted by atomic mass is 10.1. The summed E-state index contributed by atoms with van der Waals surface area (Å²) in [5.41, 5.74) is 3.53. The summed E-state index contributed by atoms with van der Waals surface area (Å²) in [5, 5.41) is 2.89. The number of nitrogens with zero attached hydrogens (tertiary/aromatic N) is 3. The van der Waals surface area contributed by atoms with E-state index >= 15 is 0 Å². The molecule has 8 heteroatoms. The van der Waals surface area contributed by atoms with Crippen LogP contribution in [-0.4, -0.2) is 46.9 Å². The lowest BCUT2D eigenvalue weighted by molar-refractivity contribution is 0.102. The fourth-order valence-electron chi connectivity index (χ4n) is 3.73. The van der Waals surface area contributed by atoms with Gasteiger partial charge in [0.15, 0.2) is 5.69 Å². The maximum atomic E-state index is 13.9. The number of halogens is 2. The Labute approximate surface area is 185 Å². The molecule has 0 atom stereocenters. The van der Waals surface area contributed by atoms with E-state index in [0.29, 0.717) is 24.5 Å². The molecular formula is C24H26F2N4O2. The van der Waals surface area contributed by atoms with Gasteiger partial charge in [-0.3, -0.25) is 14.6 Å². The average molecular weight is 440 g/mol. The van der Waals surface area contributed by atoms with Crippen LogP contribution in [0, 0.1) is 25.5 Å². The Bertz CT molecular complexity index is 1110. The molecular weight excluding hydrogens is 414 g/mol. The highest BCUT2D eigenvalue weighted by molar-refractivity contribution is 6.03. The van der Waals surface area contributed by atoms with Crippen molar-refractivity contribution < 1.29 is 18.0 Å². The van der Waals surface area contributed by atoms with E-state index in [0.717, 1.165) is 49.1 Å². The monoisotopic (exact) mass is 440 g/mol. The van der Waals surface area contributed by atoms with Crippen LogP contribution >= 0.6 is 0 Å². The minimum atomic E-state index is -0.566. The van der Waals surface area contributed by atoms with Gasteiger partial charge in [-0.1, -0.05) is 18.2 Å². The number of anilines is 1. The maximum Gasteiger partial charge on any atom is 0.277 e. The second-order valence-corrected chi connectivity index (χ2v) is 8.19. The molecule has 0 spiro atoms. The van der Waals surface area contributed by atoms with Crippen molar-refractivity contribution in [1.29, 1.82) is 0 Å². The number of aryl methyl sites for hydroxylation is 2. The van der Waals surface area contributed by atoms with Crippen molar-refractivity contribution in [3.05, 3.63) is 82.6 Å². The molecule has 1 N–H and O–H groups in total. The standard InChI is InChI=1S/C24H26F2N4O2/c1-16-3-4-17(2)21(11-16)28-24(31)22-15-32-23(27-22)14-30-9-7-29(8-10-30)13-18-5-6-19(25)12-20(18)26/h3-6,11-12,15H,7-10,13-14H2,1-2H3,(H,28,31). The molecule has 6 nitrogen and oxygen atoms in total. The molecule has 0 unspecified atom stereocenters. The van der Waals surface area contributed by atoms with Crippen molar-refractivity contribution in [2.24, 2.45) is 0 Å². The first-order valence-electron chi connectivity index (χ1n) is 10.6. The van der Waals surface area contributed by atoms with Gasteiger partial charge in [0.2, 0.25) is 5.89 Å². The first-order chi connectivity index (χ1) is 15.4. The van der Waals surface area contributed by atoms with Gasteiger partial charge in [-0.2, -0.15) is 0 Å². The van der Waals surface area contributed by atoms with Crippen LogP contribution in [0.3, 0.4) is 0 Å². The molecule has 1 aromatic heterocycles. The number of amides is 1. The Morgan fingerprint density at radius 1 is 1.03 bits per heavy atom. The second kappa shape index (κ2) is 9.58. The van der Waals surface area contributed by atoms with Gasteiger partial charge in [0.1, 0.15) is 17.9 Å². The van der Waals surface area contributed by atoms with E-state index in [9.17, 15) is 13.6 Å². The van der Waals surface area contributed by atoms with Gasteiger partial charge in [0.05, 0.1) is 6.54 Å². The lowest BCUT2D eigenvalue weighted by Gasteiger charge is -2.34. The van der Waals surface area contributed by atoms with Gasteiger partial charge in [0.25, 0.3) is 5.91 Å². The number of piperazine rings is 1. The fourth-order valence-corrected chi connectivity index (χ4v) is 3.73. The van der Waals surface area contributed by atoms with Crippen LogP contribution in [-0.2, 0) is 13.1 Å². The predicted molar refractivity (Wildman–Crippen MR) is 117 cm³/mol. The summed E-state index contributed by atoms with van der Waals surface area (Å²) in [6, 6.07) is 9.58. The van der Waals surface area contributed by atoms with Crippen LogP contribution in [0.1, 0.15) is 33.1 Å². The van der Waals surface area contributed by atoms with E-state index < -0.39 is 11.6 Å². The number of rotatable bonds is 6. The summed E-state index contributed by atoms with van der Waals surface area (Å²) in [7, 11) is 0. The summed E-state index contributed by atoms with van der Waals surface area (Å²) in [6.07, 6.45) is 1.38. The minimum Gasteiger partial charge on any atom is -0.447 e. The topological polar surface area (TPSA) is 61.6 Å². The van der Waals surface area contributed by atoms with Crippen molar-refractivity contribution in [2.75, 3.05) is 31.5 Å². The number of carbonyl (C=O) groups excluding carboxylic acids is 1. The Kier molecular flexibility index (Phi) is 6.62. The van der Waals surface area contributed by atoms with Gasteiger partial charge >= 0.3 is 0 Å². The molecule has 0 saturated carbocycles. The minimum absolute atomic E-state index is 0.242. The largest absolute Gasteiger partial charge is 0.447 e. The van der Waals surface area contributed by atoms with Crippen LogP contribution < -0.4 is 5.32 Å². The highest BCUT2D eigenvalue weighted by atomic mass is 19.1. The molecule has 32 heavy (non-hydrogen) atoms. The number of hydrogen-bond acceptors (Lipinski definition) is 5. The molecule has 1 aliphatic rings. The molecule has 1 fully saturated rings. The van der Waals surface area contributed by atoms with Crippen LogP contribution in [0.4, 0.5) is 14.5 Å². The molecule has 0 aliphatic carbocycles. The summed E-state index contributed by atoms with van der Waals surface area (Å²) < 4.78 is 32.5. The maximum absolute atomic E-state index is 13.9. The van der Waals surface area contributed by atoms with Crippen LogP contribution in [0.2, 0.25) is 0 Å². The van der Waals surface area contributed by atoms with Crippen LogP contribution in [0.15, 0.2) is 47.1 Å². The number of hydrogen-bond donors (Lipinski definition) is 1. The lowest BCUT2D eigenvalue weighted by Crippen LogP contribution is -2.45. The zero-order valence-corrected chi connectivity index (χ0v) is 18.2. The van der Waals surface area contributed by atoms with Crippen LogP contribution in [0.25, 0.3) is 0 Å². The van der Waals surface area contributed by atoms with Gasteiger partial charge in [-0.25, -0.2) is 13.8 Å². The summed E-state index contributed by atoms with van der Waals surface area (Å²) >= 11 is 0. The first-order valence-corrected chi connectivity index (χ1v) is 10.6. The number of oxazole rings is 1. The summed E-state index contributed by atoms with van der Waals surface area (Å²) in [5.74, 6) is -0.906. The molecule has 0 radical (unpaired) electrons. The SMILES string of the molecule is Cc1ccc(C)c(NC(=O)c2coc(CN3CCN(Cc4ccc(F)cc4F)CC3)n2)c1. The van der Waals surface area contributed by atoms with E-state index in [1.54, 1.807) is 0 Å². The molecule has 1 amide bonds. The Hall–Kier alpha value is -3.10. The summed E-state index contributed by atoms with van der Waals surface area (Å²) in [4.78, 5) is 21.2. The molecule has 3 aromatic rings. The van der Waals surface area contributed by atoms with Crippen molar-refractivity contribution in [3.8, 4) is 0 Å². The van der Waals surface area contributed by atoms with Gasteiger partial charge in [0, 0.05) is 50.0 Å². The zero-order valence-electron chi connectivity index (χ0n) is 18.2. The Balaban J connectivity index is 1.29. The summed E-state index contributed by atoms with van der Waals surface area (Å²) in [6.45, 7) is 7.86. The number of aromatic nitrogens is 1. The quantitative estimate of drug-likeness (QED) is 0.624. The number of nitrogens with one attached hydrogen (secondary N) is 1. The highest BCUT2D eigenvalue weighted by Gasteiger charge is 2.21. The molecule has 2 aromatic carbocycles. The third kappa shape index (κ3) is 5.38. The van der Waals surface area contributed by atoms with Crippen LogP contribution in [0.5, 0.6) is 0 Å². The first kappa shape index (κ1) is 22.1.